The predicted octanol–water partition coefficient (Wildman–Crippen LogP) is -1.66. The number of aromatic nitrogens is 2. The Morgan fingerprint density at radius 3 is 2.27 bits per heavy atom. The van der Waals surface area contributed by atoms with E-state index < -0.39 is 60.7 Å². The van der Waals surface area contributed by atoms with Crippen molar-refractivity contribution < 1.29 is 94.2 Å². The van der Waals surface area contributed by atoms with Crippen molar-refractivity contribution >= 4 is 23.6 Å². The van der Waals surface area contributed by atoms with E-state index in [1.807, 2.05) is 17.2 Å². The number of H-pyrrole nitrogens is 1. The molecule has 4 rings (SSSR count). The molecule has 2 saturated heterocycles. The number of carboxylic acid groups (broad SMARTS) is 1. The summed E-state index contributed by atoms with van der Waals surface area (Å²) in [6.07, 6.45) is -0.377. The molecule has 3 aliphatic rings. The Balaban J connectivity index is 0.000000863. The maximum atomic E-state index is 12.0. The van der Waals surface area contributed by atoms with E-state index >= 15 is 0 Å². The zero-order valence-corrected chi connectivity index (χ0v) is 29.9. The second-order valence-electron chi connectivity index (χ2n) is 10.2. The molecule has 3 aliphatic heterocycles. The summed E-state index contributed by atoms with van der Waals surface area (Å²) in [4.78, 5) is 77.2. The monoisotopic (exact) mass is 778 g/mol. The van der Waals surface area contributed by atoms with E-state index in [1.165, 1.54) is 28.9 Å². The average Bonchev–Trinajstić information content (AvgIpc) is 3.70. The van der Waals surface area contributed by atoms with Crippen LogP contribution in [0, 0.1) is 11.1 Å². The van der Waals surface area contributed by atoms with E-state index in [-0.39, 0.29) is 51.7 Å². The summed E-state index contributed by atoms with van der Waals surface area (Å²) in [6.45, 7) is 2.34. The van der Waals surface area contributed by atoms with Crippen LogP contribution in [0.3, 0.4) is 0 Å². The molecule has 2 amide bonds. The van der Waals surface area contributed by atoms with Gasteiger partial charge in [0.25, 0.3) is 0 Å². The molecular weight excluding hydrogens is 734 g/mol. The van der Waals surface area contributed by atoms with Gasteiger partial charge in [-0.05, 0) is 6.92 Å². The van der Waals surface area contributed by atoms with Gasteiger partial charge in [-0.3, -0.25) is 14.5 Å². The number of hydrogen-bond donors (Lipinski definition) is 6. The Labute approximate surface area is 299 Å². The molecule has 0 aromatic carbocycles. The number of aryl methyl sites for hydroxylation is 1. The van der Waals surface area contributed by atoms with Crippen LogP contribution in [-0.2, 0) is 77.4 Å². The number of carbonyl (C=O) groups excluding carboxylic acids is 3. The summed E-state index contributed by atoms with van der Waals surface area (Å²) in [5.74, 6) is -2.00. The number of nitrogens with one attached hydrogen (secondary N) is 3. The molecular formula is C27H42N6O14V2. The van der Waals surface area contributed by atoms with E-state index in [2.05, 4.69) is 14.3 Å². The first-order valence-electron chi connectivity index (χ1n) is 14.4. The molecule has 49 heavy (non-hydrogen) atoms. The third-order valence-corrected chi connectivity index (χ3v) is 7.28. The van der Waals surface area contributed by atoms with Crippen molar-refractivity contribution in [2.24, 2.45) is 3.95 Å². The van der Waals surface area contributed by atoms with Crippen molar-refractivity contribution in [3.8, 4) is 0 Å². The zero-order chi connectivity index (χ0) is 37.3. The number of hydrogen-bond acceptors (Lipinski definition) is 15. The quantitative estimate of drug-likeness (QED) is 0.102. The van der Waals surface area contributed by atoms with Crippen LogP contribution in [0.25, 0.3) is 0 Å². The van der Waals surface area contributed by atoms with E-state index in [9.17, 15) is 33.9 Å². The van der Waals surface area contributed by atoms with Crippen molar-refractivity contribution in [2.75, 3.05) is 40.6 Å². The fourth-order valence-electron chi connectivity index (χ4n) is 4.71. The number of nitrogens with zero attached hydrogens (tertiary/aromatic N) is 3. The van der Waals surface area contributed by atoms with Gasteiger partial charge in [0, 0.05) is 26.7 Å². The molecule has 6 atom stereocenters. The second kappa shape index (κ2) is 22.7. The Kier molecular flexibility index (Phi) is 20.3. The van der Waals surface area contributed by atoms with Gasteiger partial charge < -0.3 is 24.8 Å². The number of allylic oxidation sites excluding steroid dienone is 1. The predicted molar refractivity (Wildman–Crippen MR) is 158 cm³/mol. The van der Waals surface area contributed by atoms with Gasteiger partial charge in [0.05, 0.1) is 19.1 Å². The maximum absolute atomic E-state index is 12.0. The van der Waals surface area contributed by atoms with Crippen LogP contribution in [-0.4, -0.2) is 125 Å². The summed E-state index contributed by atoms with van der Waals surface area (Å²) in [6, 6.07) is 0. The van der Waals surface area contributed by atoms with Gasteiger partial charge in [0.15, 0.2) is 5.78 Å². The zero-order valence-electron chi connectivity index (χ0n) is 27.1. The van der Waals surface area contributed by atoms with Crippen molar-refractivity contribution in [3.05, 3.63) is 44.4 Å². The molecule has 0 bridgehead atoms. The minimum atomic E-state index is -1.12. The summed E-state index contributed by atoms with van der Waals surface area (Å²) in [5, 5.41) is 27.3. The van der Waals surface area contributed by atoms with E-state index in [4.69, 9.17) is 38.2 Å². The number of carbonyl (C=O) groups is 4. The number of aliphatic hydroxyl groups is 2. The molecule has 6 unspecified atom stereocenters. The van der Waals surface area contributed by atoms with Gasteiger partial charge in [-0.25, -0.2) is 4.79 Å². The van der Waals surface area contributed by atoms with Gasteiger partial charge in [0.1, 0.15) is 18.9 Å². The van der Waals surface area contributed by atoms with Crippen LogP contribution in [0.2, 0.25) is 0 Å². The number of likely N-dealkylation sites (N-methyl/N-ethyl adjacent to an activating group) is 1. The molecule has 0 aliphatic carbocycles. The summed E-state index contributed by atoms with van der Waals surface area (Å²) in [7, 11) is 2.51. The number of aliphatic hydroxyl groups excluding tert-OH is 2. The molecule has 6 N–H and O–H groups in total. The number of aromatic amines is 1. The summed E-state index contributed by atoms with van der Waals surface area (Å²) >= 11 is 3.48. The average molecular weight is 779 g/mol. The molecule has 0 saturated carbocycles. The standard InChI is InChI=1S/C13H18N4O6.C13H17NO7.CH4O.HN.2V.H2/c1-7-4-17(13(20)16-12(7)19)11-3-8(9(23-11)5-22-14)21-6-10(18)15-2;1-7-4-14(11(17)2-8(7)16)12-3-9(10(5-15)21-12)20-6-13(18)19;1-2;;;;/h4,8-9,11H,3,5-6H2,1-2H3,(H,15,18)(H,16,19,20);4,9-10,12,15H,2-3,5-6H2,1H3,(H,18,19);2H,1H3;1H;;;1H/i;;;;;;1+2. The molecule has 22 heteroatoms. The number of carboxylic acids is 1. The number of ketones is 1. The molecule has 2 fully saturated rings. The van der Waals surface area contributed by atoms with E-state index in [0.29, 0.717) is 17.6 Å². The Morgan fingerprint density at radius 1 is 1.08 bits per heavy atom. The van der Waals surface area contributed by atoms with Gasteiger partial charge in [-0.1, -0.05) is 0 Å². The van der Waals surface area contributed by atoms with Crippen molar-refractivity contribution in [1.82, 2.24) is 19.8 Å². The van der Waals surface area contributed by atoms with Crippen LogP contribution < -0.4 is 16.6 Å². The number of aliphatic carboxylic acids is 1. The van der Waals surface area contributed by atoms with Crippen LogP contribution in [0.5, 0.6) is 0 Å². The first-order chi connectivity index (χ1) is 23.4. The molecule has 0 spiro atoms. The summed E-state index contributed by atoms with van der Waals surface area (Å²) < 4.78 is 32.5. The number of amides is 2. The van der Waals surface area contributed by atoms with Gasteiger partial charge in [-0.15, -0.1) is 0 Å². The van der Waals surface area contributed by atoms with E-state index in [1.54, 1.807) is 31.1 Å². The molecule has 1 aromatic rings. The fourth-order valence-corrected chi connectivity index (χ4v) is 4.82. The second-order valence-corrected chi connectivity index (χ2v) is 10.5. The van der Waals surface area contributed by atoms with Gasteiger partial charge in [-0.2, -0.15) is 0 Å². The first kappa shape index (κ1) is 44.0. The molecule has 4 heterocycles. The van der Waals surface area contributed by atoms with Crippen LogP contribution >= 0.6 is 0 Å². The number of ether oxygens (including phenoxy) is 4. The van der Waals surface area contributed by atoms with Crippen LogP contribution in [0.1, 0.15) is 39.4 Å². The Bertz CT molecular complexity index is 1450. The van der Waals surface area contributed by atoms with Gasteiger partial charge >= 0.3 is 173 Å². The van der Waals surface area contributed by atoms with Crippen molar-refractivity contribution in [1.29, 1.82) is 4.21 Å². The topological polar surface area (TPSA) is 281 Å². The number of rotatable bonds is 12. The third kappa shape index (κ3) is 13.3. The first-order valence-corrected chi connectivity index (χ1v) is 15.8. The molecule has 20 nitrogen and oxygen atoms in total. The third-order valence-electron chi connectivity index (χ3n) is 7.10. The van der Waals surface area contributed by atoms with Crippen molar-refractivity contribution in [2.45, 2.75) is 70.0 Å². The van der Waals surface area contributed by atoms with E-state index in [0.717, 1.165) is 7.11 Å². The van der Waals surface area contributed by atoms with Crippen LogP contribution in [0.4, 0.5) is 0 Å². The fraction of sp³-hybridized carbons (Fsp3) is 0.630. The molecule has 0 radical (unpaired) electrons. The number of Topliss-reactive ketones (excluding diaryl/α,β-unsaturated/α-hetero) is 1. The Morgan fingerprint density at radius 2 is 1.67 bits per heavy atom. The molecule has 1 aromatic heterocycles. The Hall–Kier alpha value is -3.01. The summed E-state index contributed by atoms with van der Waals surface area (Å²) in [5.41, 5.74) is -0.168. The van der Waals surface area contributed by atoms with Gasteiger partial charge in [0.2, 0.25) is 5.91 Å². The van der Waals surface area contributed by atoms with Crippen molar-refractivity contribution in [3.63, 3.8) is 0 Å². The normalized spacial score (nSPS) is 24.2. The van der Waals surface area contributed by atoms with Crippen LogP contribution in [0.15, 0.2) is 31.5 Å². The minimum absolute atomic E-state index is 0. The SMILES string of the molecule is CC1=CN(C2CC(OCC(=O)O)C(CO)O2)C(=O)CC1=O.CNC(=O)COC1CC(n2cc(C)c(=O)[nH]c2=O)OC1CO[N]=[V].CO.[3HH].[NH]=[V]. The molecule has 274 valence electrons.